The van der Waals surface area contributed by atoms with Crippen LogP contribution in [0.3, 0.4) is 0 Å². The van der Waals surface area contributed by atoms with E-state index in [2.05, 4.69) is 15.3 Å². The van der Waals surface area contributed by atoms with Crippen molar-refractivity contribution in [2.75, 3.05) is 25.6 Å². The van der Waals surface area contributed by atoms with Crippen LogP contribution in [0.2, 0.25) is 0 Å². The normalized spacial score (nSPS) is 12.8. The summed E-state index contributed by atoms with van der Waals surface area (Å²) in [5.74, 6) is -0.435. The Morgan fingerprint density at radius 2 is 1.88 bits per heavy atom. The topological polar surface area (TPSA) is 84.4 Å². The Kier molecular flexibility index (Phi) is 6.88. The molecule has 0 radical (unpaired) electrons. The van der Waals surface area contributed by atoms with E-state index in [1.54, 1.807) is 17.9 Å². The number of allylic oxidation sites excluding steroid dienone is 1. The molecule has 1 rings (SSSR count). The Balaban J connectivity index is 2.90. The first-order chi connectivity index (χ1) is 11.1. The fourth-order valence-corrected chi connectivity index (χ4v) is 1.70. The van der Waals surface area contributed by atoms with Gasteiger partial charge < -0.3 is 15.0 Å². The van der Waals surface area contributed by atoms with Gasteiger partial charge in [0.2, 0.25) is 5.95 Å². The van der Waals surface area contributed by atoms with Crippen molar-refractivity contribution in [3.63, 3.8) is 0 Å². The smallest absolute Gasteiger partial charge is 0.332 e. The number of nitrogens with one attached hydrogen (secondary N) is 1. The van der Waals surface area contributed by atoms with E-state index in [1.165, 1.54) is 12.4 Å². The maximum absolute atomic E-state index is 12.3. The minimum Gasteiger partial charge on any atom is -0.464 e. The summed E-state index contributed by atoms with van der Waals surface area (Å²) in [7, 11) is 3.62. The SMILES string of the molecule is CCOC(=O)C(/C=C/C(C)(C)C)NC(=O)c1cnc(N(C)C)nc1. The van der Waals surface area contributed by atoms with Gasteiger partial charge in [-0.25, -0.2) is 14.8 Å². The number of hydrogen-bond acceptors (Lipinski definition) is 6. The predicted molar refractivity (Wildman–Crippen MR) is 92.8 cm³/mol. The van der Waals surface area contributed by atoms with Gasteiger partial charge in [-0.2, -0.15) is 0 Å². The first-order valence-corrected chi connectivity index (χ1v) is 7.80. The molecule has 1 N–H and O–H groups in total. The molecule has 0 aliphatic rings. The second-order valence-corrected chi connectivity index (χ2v) is 6.59. The number of carbonyl (C=O) groups is 2. The molecule has 1 amide bonds. The third-order valence-corrected chi connectivity index (χ3v) is 2.92. The molecule has 7 heteroatoms. The highest BCUT2D eigenvalue weighted by molar-refractivity contribution is 5.96. The number of aromatic nitrogens is 2. The summed E-state index contributed by atoms with van der Waals surface area (Å²) in [6.07, 6.45) is 6.35. The van der Waals surface area contributed by atoms with Gasteiger partial charge in [-0.3, -0.25) is 4.79 Å². The fraction of sp³-hybridized carbons (Fsp3) is 0.529. The first-order valence-electron chi connectivity index (χ1n) is 7.80. The van der Waals surface area contributed by atoms with Crippen LogP contribution in [0, 0.1) is 5.41 Å². The standard InChI is InChI=1S/C17H26N4O3/c1-7-24-15(23)13(8-9-17(2,3)4)20-14(22)12-10-18-16(19-11-12)21(5)6/h8-11,13H,7H2,1-6H3,(H,20,22)/b9-8+. The van der Waals surface area contributed by atoms with Crippen LogP contribution in [0.25, 0.3) is 0 Å². The number of nitrogens with zero attached hydrogens (tertiary/aromatic N) is 3. The van der Waals surface area contributed by atoms with Gasteiger partial charge in [-0.1, -0.05) is 32.9 Å². The van der Waals surface area contributed by atoms with E-state index < -0.39 is 17.9 Å². The average molecular weight is 334 g/mol. The van der Waals surface area contributed by atoms with E-state index >= 15 is 0 Å². The van der Waals surface area contributed by atoms with Gasteiger partial charge in [0.05, 0.1) is 12.2 Å². The molecule has 0 aliphatic heterocycles. The molecule has 0 aromatic carbocycles. The molecule has 0 bridgehead atoms. The molecule has 24 heavy (non-hydrogen) atoms. The summed E-state index contributed by atoms with van der Waals surface area (Å²) in [6, 6.07) is -0.856. The van der Waals surface area contributed by atoms with Crippen LogP contribution in [-0.2, 0) is 9.53 Å². The van der Waals surface area contributed by atoms with Gasteiger partial charge in [0.15, 0.2) is 0 Å². The number of ether oxygens (including phenoxy) is 1. The van der Waals surface area contributed by atoms with Crippen molar-refractivity contribution in [2.45, 2.75) is 33.7 Å². The van der Waals surface area contributed by atoms with Crippen molar-refractivity contribution in [1.29, 1.82) is 0 Å². The lowest BCUT2D eigenvalue weighted by Crippen LogP contribution is -2.40. The molecule has 1 heterocycles. The lowest BCUT2D eigenvalue weighted by molar-refractivity contribution is -0.144. The Labute approximate surface area is 143 Å². The molecular weight excluding hydrogens is 308 g/mol. The summed E-state index contributed by atoms with van der Waals surface area (Å²) in [6.45, 7) is 7.97. The highest BCUT2D eigenvalue weighted by Crippen LogP contribution is 2.15. The Morgan fingerprint density at radius 1 is 1.29 bits per heavy atom. The highest BCUT2D eigenvalue weighted by atomic mass is 16.5. The Morgan fingerprint density at radius 3 is 2.33 bits per heavy atom. The monoisotopic (exact) mass is 334 g/mol. The molecule has 0 spiro atoms. The van der Waals surface area contributed by atoms with E-state index in [4.69, 9.17) is 4.74 Å². The summed E-state index contributed by atoms with van der Waals surface area (Å²) in [5, 5.41) is 2.65. The average Bonchev–Trinajstić information content (AvgIpc) is 2.50. The molecule has 1 atom stereocenters. The zero-order chi connectivity index (χ0) is 18.3. The quantitative estimate of drug-likeness (QED) is 0.631. The van der Waals surface area contributed by atoms with Crippen LogP contribution >= 0.6 is 0 Å². The van der Waals surface area contributed by atoms with E-state index in [-0.39, 0.29) is 17.6 Å². The van der Waals surface area contributed by atoms with Crippen molar-refractivity contribution in [3.05, 3.63) is 30.1 Å². The molecule has 0 saturated carbocycles. The van der Waals surface area contributed by atoms with Crippen LogP contribution in [0.4, 0.5) is 5.95 Å². The van der Waals surface area contributed by atoms with E-state index in [0.29, 0.717) is 5.95 Å². The summed E-state index contributed by atoms with van der Waals surface area (Å²) in [5.41, 5.74) is 0.158. The van der Waals surface area contributed by atoms with Crippen LogP contribution in [0.1, 0.15) is 38.1 Å². The molecule has 1 aromatic heterocycles. The molecule has 1 unspecified atom stereocenters. The van der Waals surface area contributed by atoms with Crippen LogP contribution in [0.15, 0.2) is 24.5 Å². The van der Waals surface area contributed by atoms with Crippen molar-refractivity contribution < 1.29 is 14.3 Å². The van der Waals surface area contributed by atoms with E-state index in [9.17, 15) is 9.59 Å². The Bertz CT molecular complexity index is 589. The minimum absolute atomic E-state index is 0.119. The second kappa shape index (κ2) is 8.42. The molecule has 0 aliphatic carbocycles. The first kappa shape index (κ1) is 19.6. The van der Waals surface area contributed by atoms with E-state index in [1.807, 2.05) is 40.9 Å². The van der Waals surface area contributed by atoms with Crippen LogP contribution in [-0.4, -0.2) is 48.6 Å². The summed E-state index contributed by atoms with van der Waals surface area (Å²) >= 11 is 0. The largest absolute Gasteiger partial charge is 0.464 e. The zero-order valence-electron chi connectivity index (χ0n) is 15.2. The minimum atomic E-state index is -0.856. The Hall–Kier alpha value is -2.44. The molecular formula is C17H26N4O3. The second-order valence-electron chi connectivity index (χ2n) is 6.59. The van der Waals surface area contributed by atoms with Gasteiger partial charge in [-0.15, -0.1) is 0 Å². The molecule has 1 aromatic rings. The number of rotatable bonds is 6. The summed E-state index contributed by atoms with van der Waals surface area (Å²) in [4.78, 5) is 34.3. The predicted octanol–water partition coefficient (Wildman–Crippen LogP) is 1.81. The lowest BCUT2D eigenvalue weighted by Gasteiger charge is -2.17. The maximum Gasteiger partial charge on any atom is 0.332 e. The molecule has 132 valence electrons. The number of hydrogen-bond donors (Lipinski definition) is 1. The third-order valence-electron chi connectivity index (χ3n) is 2.92. The fourth-order valence-electron chi connectivity index (χ4n) is 1.70. The highest BCUT2D eigenvalue weighted by Gasteiger charge is 2.21. The van der Waals surface area contributed by atoms with Gasteiger partial charge in [0.1, 0.15) is 6.04 Å². The van der Waals surface area contributed by atoms with Crippen molar-refractivity contribution >= 4 is 17.8 Å². The van der Waals surface area contributed by atoms with Gasteiger partial charge in [0.25, 0.3) is 5.91 Å². The summed E-state index contributed by atoms with van der Waals surface area (Å²) < 4.78 is 5.01. The molecule has 0 fully saturated rings. The lowest BCUT2D eigenvalue weighted by atomic mass is 9.95. The number of anilines is 1. The van der Waals surface area contributed by atoms with Crippen LogP contribution < -0.4 is 10.2 Å². The van der Waals surface area contributed by atoms with Gasteiger partial charge in [0, 0.05) is 26.5 Å². The molecule has 0 saturated heterocycles. The number of amides is 1. The van der Waals surface area contributed by atoms with E-state index in [0.717, 1.165) is 0 Å². The van der Waals surface area contributed by atoms with Crippen molar-refractivity contribution in [3.8, 4) is 0 Å². The number of esters is 1. The van der Waals surface area contributed by atoms with Crippen molar-refractivity contribution in [2.24, 2.45) is 5.41 Å². The van der Waals surface area contributed by atoms with Gasteiger partial charge in [-0.05, 0) is 12.3 Å². The number of carbonyl (C=O) groups excluding carboxylic acids is 2. The van der Waals surface area contributed by atoms with Crippen LogP contribution in [0.5, 0.6) is 0 Å². The maximum atomic E-state index is 12.3. The van der Waals surface area contributed by atoms with Gasteiger partial charge >= 0.3 is 5.97 Å². The van der Waals surface area contributed by atoms with Crippen molar-refractivity contribution in [1.82, 2.24) is 15.3 Å². The zero-order valence-corrected chi connectivity index (χ0v) is 15.2. The third kappa shape index (κ3) is 6.36. The molecule has 7 nitrogen and oxygen atoms in total.